The van der Waals surface area contributed by atoms with Crippen molar-refractivity contribution in [1.29, 1.82) is 0 Å². The Bertz CT molecular complexity index is 183. The summed E-state index contributed by atoms with van der Waals surface area (Å²) >= 11 is 0. The molecule has 2 fully saturated rings. The zero-order chi connectivity index (χ0) is 10.1. The Morgan fingerprint density at radius 3 is 2.21 bits per heavy atom. The van der Waals surface area contributed by atoms with E-state index in [0.29, 0.717) is 12.1 Å². The molecule has 0 aromatic rings. The van der Waals surface area contributed by atoms with Gasteiger partial charge < -0.3 is 5.32 Å². The Hall–Kier alpha value is -0.0800. The molecule has 82 valence electrons. The lowest BCUT2D eigenvalue weighted by Crippen LogP contribution is -2.51. The van der Waals surface area contributed by atoms with Crippen LogP contribution in [0.4, 0.5) is 0 Å². The fourth-order valence-corrected chi connectivity index (χ4v) is 3.30. The molecule has 3 atom stereocenters. The number of nitrogens with zero attached hydrogens (tertiary/aromatic N) is 1. The SMILES string of the molecule is CC1CC(N2CCCC2C)CC(C)N1. The van der Waals surface area contributed by atoms with Crippen molar-refractivity contribution >= 4 is 0 Å². The summed E-state index contributed by atoms with van der Waals surface area (Å²) in [5, 5.41) is 3.62. The second-order valence-electron chi connectivity index (χ2n) is 5.32. The van der Waals surface area contributed by atoms with Crippen molar-refractivity contribution in [2.24, 2.45) is 0 Å². The lowest BCUT2D eigenvalue weighted by atomic mass is 9.93. The van der Waals surface area contributed by atoms with Gasteiger partial charge in [-0.2, -0.15) is 0 Å². The summed E-state index contributed by atoms with van der Waals surface area (Å²) in [6.07, 6.45) is 5.50. The van der Waals surface area contributed by atoms with E-state index in [1.165, 1.54) is 32.2 Å². The molecule has 2 aliphatic rings. The zero-order valence-corrected chi connectivity index (χ0v) is 9.79. The van der Waals surface area contributed by atoms with Crippen LogP contribution in [0.15, 0.2) is 0 Å². The summed E-state index contributed by atoms with van der Waals surface area (Å²) in [5.74, 6) is 0. The van der Waals surface area contributed by atoms with Gasteiger partial charge in [0, 0.05) is 24.2 Å². The van der Waals surface area contributed by atoms with Crippen LogP contribution in [0.2, 0.25) is 0 Å². The molecule has 0 aromatic heterocycles. The molecule has 0 bridgehead atoms. The summed E-state index contributed by atoms with van der Waals surface area (Å²) in [6.45, 7) is 8.38. The molecule has 0 saturated carbocycles. The van der Waals surface area contributed by atoms with E-state index in [1.807, 2.05) is 0 Å². The number of likely N-dealkylation sites (tertiary alicyclic amines) is 1. The highest BCUT2D eigenvalue weighted by molar-refractivity contribution is 4.90. The molecule has 0 radical (unpaired) electrons. The van der Waals surface area contributed by atoms with E-state index >= 15 is 0 Å². The molecular weight excluding hydrogens is 172 g/mol. The second kappa shape index (κ2) is 4.19. The molecular formula is C12H24N2. The smallest absolute Gasteiger partial charge is 0.0127 e. The molecule has 14 heavy (non-hydrogen) atoms. The molecule has 0 aromatic carbocycles. The average molecular weight is 196 g/mol. The maximum Gasteiger partial charge on any atom is 0.0127 e. The third-order valence-corrected chi connectivity index (χ3v) is 3.89. The molecule has 0 spiro atoms. The van der Waals surface area contributed by atoms with Crippen LogP contribution in [0.3, 0.4) is 0 Å². The van der Waals surface area contributed by atoms with Crippen LogP contribution in [0.1, 0.15) is 46.5 Å². The zero-order valence-electron chi connectivity index (χ0n) is 9.79. The Labute approximate surface area is 88.1 Å². The quantitative estimate of drug-likeness (QED) is 0.690. The fourth-order valence-electron chi connectivity index (χ4n) is 3.30. The van der Waals surface area contributed by atoms with Gasteiger partial charge in [0.25, 0.3) is 0 Å². The van der Waals surface area contributed by atoms with Crippen molar-refractivity contribution in [2.45, 2.75) is 70.6 Å². The van der Waals surface area contributed by atoms with Crippen molar-refractivity contribution in [3.63, 3.8) is 0 Å². The maximum absolute atomic E-state index is 3.62. The van der Waals surface area contributed by atoms with E-state index in [9.17, 15) is 0 Å². The highest BCUT2D eigenvalue weighted by Gasteiger charge is 2.32. The van der Waals surface area contributed by atoms with Gasteiger partial charge in [-0.3, -0.25) is 4.90 Å². The topological polar surface area (TPSA) is 15.3 Å². The van der Waals surface area contributed by atoms with E-state index in [2.05, 4.69) is 31.0 Å². The van der Waals surface area contributed by atoms with Crippen molar-refractivity contribution < 1.29 is 0 Å². The van der Waals surface area contributed by atoms with Gasteiger partial charge in [-0.1, -0.05) is 0 Å². The number of nitrogens with one attached hydrogen (secondary N) is 1. The average Bonchev–Trinajstić information content (AvgIpc) is 2.49. The first-order valence-corrected chi connectivity index (χ1v) is 6.18. The summed E-state index contributed by atoms with van der Waals surface area (Å²) in [5.41, 5.74) is 0. The van der Waals surface area contributed by atoms with Gasteiger partial charge >= 0.3 is 0 Å². The van der Waals surface area contributed by atoms with Gasteiger partial charge in [0.15, 0.2) is 0 Å². The number of piperidine rings is 1. The molecule has 0 amide bonds. The van der Waals surface area contributed by atoms with Crippen LogP contribution in [0.5, 0.6) is 0 Å². The molecule has 1 N–H and O–H groups in total. The molecule has 2 nitrogen and oxygen atoms in total. The van der Waals surface area contributed by atoms with Gasteiger partial charge in [0.1, 0.15) is 0 Å². The standard InChI is InChI=1S/C12H24N2/c1-9-7-12(8-10(2)13-9)14-6-4-5-11(14)3/h9-13H,4-8H2,1-3H3. The molecule has 2 saturated heterocycles. The minimum atomic E-state index is 0.705. The van der Waals surface area contributed by atoms with E-state index in [4.69, 9.17) is 0 Å². The first kappa shape index (κ1) is 10.4. The Balaban J connectivity index is 1.95. The predicted molar refractivity (Wildman–Crippen MR) is 60.5 cm³/mol. The molecule has 3 unspecified atom stereocenters. The maximum atomic E-state index is 3.62. The van der Waals surface area contributed by atoms with E-state index < -0.39 is 0 Å². The molecule has 0 aliphatic carbocycles. The van der Waals surface area contributed by atoms with E-state index in [-0.39, 0.29) is 0 Å². The van der Waals surface area contributed by atoms with Gasteiger partial charge in [-0.05, 0) is 53.0 Å². The molecule has 2 heterocycles. The highest BCUT2D eigenvalue weighted by Crippen LogP contribution is 2.26. The molecule has 2 rings (SSSR count). The van der Waals surface area contributed by atoms with Crippen LogP contribution in [-0.4, -0.2) is 35.6 Å². The first-order chi connectivity index (χ1) is 6.66. The number of rotatable bonds is 1. The monoisotopic (exact) mass is 196 g/mol. The summed E-state index contributed by atoms with van der Waals surface area (Å²) in [6, 6.07) is 3.09. The van der Waals surface area contributed by atoms with E-state index in [1.54, 1.807) is 0 Å². The lowest BCUT2D eigenvalue weighted by Gasteiger charge is -2.40. The minimum Gasteiger partial charge on any atom is -0.312 e. The fraction of sp³-hybridized carbons (Fsp3) is 1.00. The number of hydrogen-bond acceptors (Lipinski definition) is 2. The first-order valence-electron chi connectivity index (χ1n) is 6.18. The second-order valence-corrected chi connectivity index (χ2v) is 5.32. The van der Waals surface area contributed by atoms with Crippen LogP contribution in [-0.2, 0) is 0 Å². The van der Waals surface area contributed by atoms with Crippen molar-refractivity contribution in [3.05, 3.63) is 0 Å². The van der Waals surface area contributed by atoms with Crippen LogP contribution in [0, 0.1) is 0 Å². The van der Waals surface area contributed by atoms with Gasteiger partial charge in [-0.15, -0.1) is 0 Å². The minimum absolute atomic E-state index is 0.705. The third kappa shape index (κ3) is 2.12. The summed E-state index contributed by atoms with van der Waals surface area (Å²) in [7, 11) is 0. The lowest BCUT2D eigenvalue weighted by molar-refractivity contribution is 0.124. The van der Waals surface area contributed by atoms with Crippen LogP contribution < -0.4 is 5.32 Å². The summed E-state index contributed by atoms with van der Waals surface area (Å²) in [4.78, 5) is 2.74. The van der Waals surface area contributed by atoms with Gasteiger partial charge in [0.05, 0.1) is 0 Å². The normalized spacial score (nSPS) is 45.6. The predicted octanol–water partition coefficient (Wildman–Crippen LogP) is 2.00. The van der Waals surface area contributed by atoms with Crippen molar-refractivity contribution in [1.82, 2.24) is 10.2 Å². The third-order valence-electron chi connectivity index (χ3n) is 3.89. The highest BCUT2D eigenvalue weighted by atomic mass is 15.2. The van der Waals surface area contributed by atoms with Crippen molar-refractivity contribution in [3.8, 4) is 0 Å². The molecule has 2 heteroatoms. The summed E-state index contributed by atoms with van der Waals surface area (Å²) < 4.78 is 0. The van der Waals surface area contributed by atoms with Crippen molar-refractivity contribution in [2.75, 3.05) is 6.54 Å². The Morgan fingerprint density at radius 2 is 1.71 bits per heavy atom. The van der Waals surface area contributed by atoms with Gasteiger partial charge in [-0.25, -0.2) is 0 Å². The molecule has 2 aliphatic heterocycles. The van der Waals surface area contributed by atoms with Gasteiger partial charge in [0.2, 0.25) is 0 Å². The largest absolute Gasteiger partial charge is 0.312 e. The van der Waals surface area contributed by atoms with Crippen LogP contribution in [0.25, 0.3) is 0 Å². The Morgan fingerprint density at radius 1 is 1.07 bits per heavy atom. The van der Waals surface area contributed by atoms with E-state index in [0.717, 1.165) is 12.1 Å². The van der Waals surface area contributed by atoms with Crippen LogP contribution >= 0.6 is 0 Å². The number of hydrogen-bond donors (Lipinski definition) is 1. The Kier molecular flexibility index (Phi) is 3.13.